The number of ether oxygens (including phenoxy) is 1. The molecule has 4 aliphatic rings. The highest BCUT2D eigenvalue weighted by molar-refractivity contribution is 5.93. The standard InChI is InChI=1S/2C9H14N2O2.2C7H7NO.2C3H4N2O.C3H6O2.C2H4O2/c2*12-8-4-3-5-9(13)11-7-2-1-6-10(8)11;2*8-7(9)6-4-2-1-3-5-6;2*4-1-2-5-3-6;1-3(4)5-2;1-2(3)4/h2*1-7H2;2*1-5H,(H2,8,9);2*3H,2H2,(H,5,6);1-2H3;1H3,(H,3,4). The van der Waals surface area contributed by atoms with Crippen LogP contribution in [-0.2, 0) is 43.1 Å². The number of hydrazine groups is 2. The van der Waals surface area contributed by atoms with Crippen LogP contribution in [0.3, 0.4) is 0 Å². The van der Waals surface area contributed by atoms with Crippen LogP contribution in [0.4, 0.5) is 0 Å². The van der Waals surface area contributed by atoms with E-state index in [1.165, 1.54) is 14.0 Å². The van der Waals surface area contributed by atoms with Crippen molar-refractivity contribution in [2.75, 3.05) is 46.4 Å². The zero-order valence-electron chi connectivity index (χ0n) is 37.0. The van der Waals surface area contributed by atoms with Crippen molar-refractivity contribution in [2.24, 2.45) is 11.5 Å². The first-order chi connectivity index (χ1) is 31.0. The number of nitrogens with zero attached hydrogens (tertiary/aromatic N) is 6. The Hall–Kier alpha value is -7.88. The second-order valence-electron chi connectivity index (χ2n) is 13.2. The number of primary amides is 2. The lowest BCUT2D eigenvalue weighted by molar-refractivity contribution is -0.164. The fourth-order valence-corrected chi connectivity index (χ4v) is 5.24. The Balaban J connectivity index is 0. The number of carbonyl (C=O) groups excluding carboxylic acids is 9. The first-order valence-electron chi connectivity index (χ1n) is 20.3. The van der Waals surface area contributed by atoms with Gasteiger partial charge in [-0.3, -0.25) is 68.0 Å². The topological polar surface area (TPSA) is 337 Å². The highest BCUT2D eigenvalue weighted by Gasteiger charge is 2.31. The average Bonchev–Trinajstić information content (AvgIpc) is 3.55. The Bertz CT molecular complexity index is 1700. The molecular formula is C43H60N10O12. The van der Waals surface area contributed by atoms with Gasteiger partial charge in [0.15, 0.2) is 0 Å². The lowest BCUT2D eigenvalue weighted by Crippen LogP contribution is -2.51. The predicted octanol–water partition coefficient (Wildman–Crippen LogP) is 1.43. The molecule has 0 saturated carbocycles. The number of amides is 8. The summed E-state index contributed by atoms with van der Waals surface area (Å²) in [4.78, 5) is 104. The second kappa shape index (κ2) is 37.8. The number of carboxylic acid groups (broad SMARTS) is 1. The van der Waals surface area contributed by atoms with E-state index < -0.39 is 5.97 Å². The van der Waals surface area contributed by atoms with Gasteiger partial charge >= 0.3 is 5.97 Å². The SMILES string of the molecule is CC(=O)O.COC(C)=O.N#CCNC=O.N#CCNC=O.NC(=O)c1ccccc1.NC(=O)c1ccccc1.O=C1CCCC(=O)N2CCCCN12.O=C1CCCC(=O)N2CCCCN12. The summed E-state index contributed by atoms with van der Waals surface area (Å²) >= 11 is 0. The predicted molar refractivity (Wildman–Crippen MR) is 233 cm³/mol. The highest BCUT2D eigenvalue weighted by Crippen LogP contribution is 2.20. The smallest absolute Gasteiger partial charge is 0.302 e. The lowest BCUT2D eigenvalue weighted by atomic mass is 10.2. The Morgan fingerprint density at radius 1 is 0.600 bits per heavy atom. The van der Waals surface area contributed by atoms with E-state index in [2.05, 4.69) is 15.4 Å². The number of methoxy groups -OCH3 is 1. The Labute approximate surface area is 378 Å². The molecule has 0 unspecified atom stereocenters. The van der Waals surface area contributed by atoms with E-state index in [1.807, 2.05) is 12.1 Å². The van der Waals surface area contributed by atoms with Crippen LogP contribution < -0.4 is 22.1 Å². The van der Waals surface area contributed by atoms with Gasteiger partial charge in [-0.2, -0.15) is 10.5 Å². The van der Waals surface area contributed by atoms with Gasteiger partial charge in [0.05, 0.1) is 19.2 Å². The minimum atomic E-state index is -0.833. The third-order valence-electron chi connectivity index (χ3n) is 8.21. The molecule has 7 N–H and O–H groups in total. The minimum absolute atomic E-state index is 0.101. The first kappa shape index (κ1) is 59.2. The summed E-state index contributed by atoms with van der Waals surface area (Å²) in [6, 6.07) is 21.0. The van der Waals surface area contributed by atoms with Crippen molar-refractivity contribution in [3.8, 4) is 12.1 Å². The minimum Gasteiger partial charge on any atom is -0.481 e. The maximum atomic E-state index is 11.5. The third-order valence-corrected chi connectivity index (χ3v) is 8.21. The van der Waals surface area contributed by atoms with Gasteiger partial charge in [0.2, 0.25) is 48.3 Å². The van der Waals surface area contributed by atoms with Crippen molar-refractivity contribution >= 4 is 60.2 Å². The second-order valence-corrected chi connectivity index (χ2v) is 13.2. The van der Waals surface area contributed by atoms with Crippen molar-refractivity contribution in [1.82, 2.24) is 30.7 Å². The molecule has 354 valence electrons. The van der Waals surface area contributed by atoms with Crippen LogP contribution in [0.25, 0.3) is 0 Å². The van der Waals surface area contributed by atoms with E-state index in [0.29, 0.717) is 62.5 Å². The molecule has 8 amide bonds. The normalized spacial score (nSPS) is 14.2. The number of rotatable bonds is 6. The van der Waals surface area contributed by atoms with Crippen molar-refractivity contribution in [3.63, 3.8) is 0 Å². The average molecular weight is 909 g/mol. The molecule has 22 nitrogen and oxygen atoms in total. The summed E-state index contributed by atoms with van der Waals surface area (Å²) in [5.74, 6) is -1.37. The molecule has 2 aromatic carbocycles. The molecule has 2 aromatic rings. The molecule has 0 radical (unpaired) electrons. The van der Waals surface area contributed by atoms with E-state index in [4.69, 9.17) is 31.9 Å². The summed E-state index contributed by atoms with van der Waals surface area (Å²) in [6.45, 7) is 5.55. The van der Waals surface area contributed by atoms with Gasteiger partial charge in [-0.05, 0) is 62.8 Å². The largest absolute Gasteiger partial charge is 0.481 e. The number of hydrogen-bond donors (Lipinski definition) is 5. The Kier molecular flexibility index (Phi) is 34.5. The van der Waals surface area contributed by atoms with Crippen molar-refractivity contribution in [2.45, 2.75) is 78.1 Å². The van der Waals surface area contributed by atoms with Crippen molar-refractivity contribution in [1.29, 1.82) is 10.5 Å². The number of nitrogens with two attached hydrogens (primary N) is 2. The molecule has 4 heterocycles. The van der Waals surface area contributed by atoms with Gasteiger partial charge in [0.25, 0.3) is 5.97 Å². The monoisotopic (exact) mass is 908 g/mol. The van der Waals surface area contributed by atoms with Gasteiger partial charge in [-0.15, -0.1) is 0 Å². The number of benzene rings is 2. The number of carbonyl (C=O) groups is 10. The number of esters is 1. The van der Waals surface area contributed by atoms with Gasteiger partial charge < -0.3 is 31.9 Å². The number of nitriles is 2. The molecule has 4 fully saturated rings. The number of aliphatic carboxylic acids is 1. The number of hydrogen-bond acceptors (Lipinski definition) is 13. The number of carboxylic acids is 1. The molecular weight excluding hydrogens is 849 g/mol. The maximum Gasteiger partial charge on any atom is 0.302 e. The van der Waals surface area contributed by atoms with E-state index >= 15 is 0 Å². The van der Waals surface area contributed by atoms with Crippen LogP contribution >= 0.6 is 0 Å². The molecule has 65 heavy (non-hydrogen) atoms. The van der Waals surface area contributed by atoms with Gasteiger partial charge in [-0.25, -0.2) is 0 Å². The Morgan fingerprint density at radius 2 is 0.846 bits per heavy atom. The molecule has 4 aliphatic heterocycles. The highest BCUT2D eigenvalue weighted by atomic mass is 16.5. The molecule has 0 aromatic heterocycles. The van der Waals surface area contributed by atoms with E-state index in [9.17, 15) is 43.2 Å². The quantitative estimate of drug-likeness (QED) is 0.119. The van der Waals surface area contributed by atoms with Gasteiger partial charge in [-0.1, -0.05) is 36.4 Å². The van der Waals surface area contributed by atoms with Crippen LogP contribution in [0.15, 0.2) is 60.7 Å². The van der Waals surface area contributed by atoms with Crippen molar-refractivity contribution < 1.29 is 57.8 Å². The third kappa shape index (κ3) is 29.9. The summed E-state index contributed by atoms with van der Waals surface area (Å²) in [6.07, 6.45) is 8.62. The summed E-state index contributed by atoms with van der Waals surface area (Å²) in [5.41, 5.74) is 11.1. The van der Waals surface area contributed by atoms with E-state index in [-0.39, 0.29) is 54.5 Å². The fraction of sp³-hybridized carbons (Fsp3) is 0.442. The summed E-state index contributed by atoms with van der Waals surface area (Å²) in [5, 5.41) is 33.7. The molecule has 0 spiro atoms. The zero-order valence-corrected chi connectivity index (χ0v) is 37.0. The molecule has 0 aliphatic carbocycles. The van der Waals surface area contributed by atoms with Crippen LogP contribution in [0.5, 0.6) is 0 Å². The van der Waals surface area contributed by atoms with Crippen LogP contribution in [-0.4, -0.2) is 132 Å². The van der Waals surface area contributed by atoms with Crippen molar-refractivity contribution in [3.05, 3.63) is 71.8 Å². The van der Waals surface area contributed by atoms with E-state index in [0.717, 1.165) is 58.8 Å². The molecule has 0 bridgehead atoms. The van der Waals surface area contributed by atoms with Crippen LogP contribution in [0, 0.1) is 22.7 Å². The van der Waals surface area contributed by atoms with E-state index in [1.54, 1.807) is 80.7 Å². The molecule has 0 atom stereocenters. The maximum absolute atomic E-state index is 11.5. The lowest BCUT2D eigenvalue weighted by Gasteiger charge is -2.37. The summed E-state index contributed by atoms with van der Waals surface area (Å²) < 4.78 is 4.11. The zero-order chi connectivity index (χ0) is 49.4. The molecule has 22 heteroatoms. The molecule has 6 rings (SSSR count). The molecule has 4 saturated heterocycles. The van der Waals surface area contributed by atoms with Crippen LogP contribution in [0.2, 0.25) is 0 Å². The fourth-order valence-electron chi connectivity index (χ4n) is 5.24. The van der Waals surface area contributed by atoms with Gasteiger partial charge in [0.1, 0.15) is 13.1 Å². The number of fused-ring (bicyclic) bond motifs is 2. The van der Waals surface area contributed by atoms with Gasteiger partial charge in [0, 0.05) is 76.8 Å². The Morgan fingerprint density at radius 3 is 1.00 bits per heavy atom. The first-order valence-corrected chi connectivity index (χ1v) is 20.3. The summed E-state index contributed by atoms with van der Waals surface area (Å²) in [7, 11) is 1.35. The number of nitrogens with one attached hydrogen (secondary N) is 2. The van der Waals surface area contributed by atoms with Crippen LogP contribution in [0.1, 0.15) is 98.8 Å².